The highest BCUT2D eigenvalue weighted by atomic mass is 32.2. The molecule has 1 aliphatic carbocycles. The number of aliphatic hydroxyl groups is 1. The number of fused-ring (bicyclic) bond motifs is 1. The second-order valence-electron chi connectivity index (χ2n) is 4.87. The fourth-order valence-electron chi connectivity index (χ4n) is 2.40. The fourth-order valence-corrected chi connectivity index (χ4v) is 3.34. The third kappa shape index (κ3) is 2.78. The van der Waals surface area contributed by atoms with Crippen molar-refractivity contribution in [1.29, 1.82) is 0 Å². The second-order valence-corrected chi connectivity index (χ2v) is 6.44. The van der Waals surface area contributed by atoms with Gasteiger partial charge in [0, 0.05) is 16.5 Å². The first-order valence-electron chi connectivity index (χ1n) is 6.53. The molecular formula is C13H20N2O2S. The molecule has 0 unspecified atom stereocenters. The predicted molar refractivity (Wildman–Crippen MR) is 73.2 cm³/mol. The minimum atomic E-state index is -0.215. The van der Waals surface area contributed by atoms with Crippen molar-refractivity contribution in [3.8, 4) is 0 Å². The normalized spacial score (nSPS) is 14.9. The summed E-state index contributed by atoms with van der Waals surface area (Å²) in [6.45, 7) is 4.58. The number of aromatic nitrogens is 2. The van der Waals surface area contributed by atoms with Crippen LogP contribution in [-0.2, 0) is 19.4 Å². The molecule has 1 N–H and O–H groups in total. The van der Waals surface area contributed by atoms with Crippen LogP contribution >= 0.6 is 11.8 Å². The van der Waals surface area contributed by atoms with Crippen molar-refractivity contribution in [2.45, 2.75) is 56.4 Å². The first-order valence-corrected chi connectivity index (χ1v) is 7.41. The minimum Gasteiger partial charge on any atom is -0.395 e. The van der Waals surface area contributed by atoms with E-state index in [9.17, 15) is 4.79 Å². The van der Waals surface area contributed by atoms with Gasteiger partial charge >= 0.3 is 5.69 Å². The number of hydrogen-bond donors (Lipinski definition) is 1. The zero-order valence-electron chi connectivity index (χ0n) is 11.0. The topological polar surface area (TPSA) is 55.1 Å². The van der Waals surface area contributed by atoms with Crippen LogP contribution in [-0.4, -0.2) is 26.5 Å². The van der Waals surface area contributed by atoms with Gasteiger partial charge in [0.25, 0.3) is 0 Å². The van der Waals surface area contributed by atoms with Crippen molar-refractivity contribution < 1.29 is 5.11 Å². The van der Waals surface area contributed by atoms with E-state index < -0.39 is 0 Å². The van der Waals surface area contributed by atoms with E-state index in [1.807, 2.05) is 0 Å². The lowest BCUT2D eigenvalue weighted by atomic mass is 9.97. The molecule has 4 nitrogen and oxygen atoms in total. The van der Waals surface area contributed by atoms with Crippen molar-refractivity contribution in [2.24, 2.45) is 0 Å². The fraction of sp³-hybridized carbons (Fsp3) is 0.692. The number of rotatable bonds is 4. The third-order valence-electron chi connectivity index (χ3n) is 3.12. The molecule has 0 atom stereocenters. The summed E-state index contributed by atoms with van der Waals surface area (Å²) in [5.41, 5.74) is 2.11. The summed E-state index contributed by atoms with van der Waals surface area (Å²) in [5, 5.41) is 10.4. The average molecular weight is 268 g/mol. The molecule has 0 aliphatic heterocycles. The van der Waals surface area contributed by atoms with Gasteiger partial charge < -0.3 is 5.11 Å². The van der Waals surface area contributed by atoms with Gasteiger partial charge in [-0.1, -0.05) is 13.8 Å². The monoisotopic (exact) mass is 268 g/mol. The minimum absolute atomic E-state index is 0.00923. The zero-order chi connectivity index (χ0) is 13.1. The molecule has 0 bridgehead atoms. The number of aliphatic hydroxyl groups excluding tert-OH is 1. The molecule has 0 aromatic carbocycles. The number of nitrogens with zero attached hydrogens (tertiary/aromatic N) is 2. The van der Waals surface area contributed by atoms with E-state index in [0.717, 1.165) is 36.4 Å². The van der Waals surface area contributed by atoms with Gasteiger partial charge in [0.1, 0.15) is 5.03 Å². The highest BCUT2D eigenvalue weighted by molar-refractivity contribution is 7.99. The molecule has 0 saturated heterocycles. The zero-order valence-corrected chi connectivity index (χ0v) is 11.8. The van der Waals surface area contributed by atoms with E-state index in [4.69, 9.17) is 5.11 Å². The molecule has 0 spiro atoms. The summed E-state index contributed by atoms with van der Waals surface area (Å²) < 4.78 is 1.65. The average Bonchev–Trinajstić information content (AvgIpc) is 2.33. The van der Waals surface area contributed by atoms with Crippen molar-refractivity contribution in [3.05, 3.63) is 21.7 Å². The Morgan fingerprint density at radius 2 is 2.11 bits per heavy atom. The van der Waals surface area contributed by atoms with Gasteiger partial charge in [-0.15, -0.1) is 11.8 Å². The van der Waals surface area contributed by atoms with Crippen LogP contribution in [0.3, 0.4) is 0 Å². The maximum Gasteiger partial charge on any atom is 0.348 e. The predicted octanol–water partition coefficient (Wildman–Crippen LogP) is 1.61. The van der Waals surface area contributed by atoms with Crippen LogP contribution in [0.15, 0.2) is 9.82 Å². The van der Waals surface area contributed by atoms with Crippen molar-refractivity contribution in [2.75, 3.05) is 6.61 Å². The quantitative estimate of drug-likeness (QED) is 0.666. The molecule has 100 valence electrons. The summed E-state index contributed by atoms with van der Waals surface area (Å²) in [5.74, 6) is 0. The Balaban J connectivity index is 2.50. The number of thioether (sulfide) groups is 1. The molecule has 0 radical (unpaired) electrons. The van der Waals surface area contributed by atoms with Gasteiger partial charge in [-0.05, 0) is 25.7 Å². The Morgan fingerprint density at radius 3 is 2.78 bits per heavy atom. The molecule has 1 aromatic rings. The summed E-state index contributed by atoms with van der Waals surface area (Å²) in [6, 6.07) is 0. The van der Waals surface area contributed by atoms with Crippen molar-refractivity contribution >= 4 is 11.8 Å². The van der Waals surface area contributed by atoms with Gasteiger partial charge in [-0.3, -0.25) is 4.57 Å². The maximum atomic E-state index is 12.0. The summed E-state index contributed by atoms with van der Waals surface area (Å²) >= 11 is 1.67. The smallest absolute Gasteiger partial charge is 0.348 e. The van der Waals surface area contributed by atoms with Crippen LogP contribution in [0, 0.1) is 0 Å². The molecule has 1 aliphatic rings. The van der Waals surface area contributed by atoms with Gasteiger partial charge in [0.15, 0.2) is 0 Å². The lowest BCUT2D eigenvalue weighted by Crippen LogP contribution is -2.31. The maximum absolute atomic E-state index is 12.0. The molecule has 1 aromatic heterocycles. The molecule has 18 heavy (non-hydrogen) atoms. The summed E-state index contributed by atoms with van der Waals surface area (Å²) in [4.78, 5) is 16.2. The van der Waals surface area contributed by atoms with E-state index in [0.29, 0.717) is 11.8 Å². The van der Waals surface area contributed by atoms with E-state index in [-0.39, 0.29) is 12.3 Å². The van der Waals surface area contributed by atoms with Crippen molar-refractivity contribution in [1.82, 2.24) is 9.55 Å². The van der Waals surface area contributed by atoms with Gasteiger partial charge in [-0.25, -0.2) is 4.79 Å². The Bertz CT molecular complexity index is 483. The van der Waals surface area contributed by atoms with E-state index in [2.05, 4.69) is 18.8 Å². The molecule has 2 rings (SSSR count). The molecule has 0 saturated carbocycles. The van der Waals surface area contributed by atoms with Gasteiger partial charge in [-0.2, -0.15) is 4.98 Å². The summed E-state index contributed by atoms with van der Waals surface area (Å²) in [7, 11) is 0. The van der Waals surface area contributed by atoms with Crippen molar-refractivity contribution in [3.63, 3.8) is 0 Å². The molecule has 0 amide bonds. The largest absolute Gasteiger partial charge is 0.395 e. The molecular weight excluding hydrogens is 248 g/mol. The Labute approximate surface area is 111 Å². The first kappa shape index (κ1) is 13.6. The standard InChI is InChI=1S/C13H20N2O2S/c1-9(2)18-12-10-5-3-4-6-11(10)15(7-8-16)13(17)14-12/h9,16H,3-8H2,1-2H3. The SMILES string of the molecule is CC(C)Sc1nc(=O)n(CCO)c2c1CCCC2. The molecule has 1 heterocycles. The molecule has 5 heteroatoms. The molecule has 0 fully saturated rings. The van der Waals surface area contributed by atoms with Gasteiger partial charge in [0.05, 0.1) is 13.2 Å². The third-order valence-corrected chi connectivity index (χ3v) is 4.15. The van der Waals surface area contributed by atoms with Crippen LogP contribution < -0.4 is 5.69 Å². The summed E-state index contributed by atoms with van der Waals surface area (Å²) in [6.07, 6.45) is 4.22. The van der Waals surface area contributed by atoms with Crippen LogP contribution in [0.1, 0.15) is 37.9 Å². The van der Waals surface area contributed by atoms with Gasteiger partial charge in [0.2, 0.25) is 0 Å². The van der Waals surface area contributed by atoms with Crippen LogP contribution in [0.5, 0.6) is 0 Å². The highest BCUT2D eigenvalue weighted by Crippen LogP contribution is 2.30. The second kappa shape index (κ2) is 5.89. The first-order chi connectivity index (χ1) is 8.63. The Morgan fingerprint density at radius 1 is 1.39 bits per heavy atom. The highest BCUT2D eigenvalue weighted by Gasteiger charge is 2.20. The Hall–Kier alpha value is -0.810. The van der Waals surface area contributed by atoms with Crippen LogP contribution in [0.25, 0.3) is 0 Å². The van der Waals surface area contributed by atoms with E-state index >= 15 is 0 Å². The van der Waals surface area contributed by atoms with E-state index in [1.54, 1.807) is 16.3 Å². The Kier molecular flexibility index (Phi) is 4.45. The lowest BCUT2D eigenvalue weighted by molar-refractivity contribution is 0.269. The van der Waals surface area contributed by atoms with Crippen LogP contribution in [0.2, 0.25) is 0 Å². The number of hydrogen-bond acceptors (Lipinski definition) is 4. The lowest BCUT2D eigenvalue weighted by Gasteiger charge is -2.22. The van der Waals surface area contributed by atoms with E-state index in [1.165, 1.54) is 5.56 Å². The van der Waals surface area contributed by atoms with Crippen LogP contribution in [0.4, 0.5) is 0 Å².